The molecule has 0 aliphatic carbocycles. The molecule has 3 aromatic rings. The van der Waals surface area contributed by atoms with Crippen molar-refractivity contribution in [3.63, 3.8) is 0 Å². The molecule has 0 atom stereocenters. The summed E-state index contributed by atoms with van der Waals surface area (Å²) >= 11 is 0. The standard InChI is InChI=1S/C16H16N2O2/c1-2-7-13(8-3-1)19-12-6-11-17-16-18-14-9-4-5-10-15(14)20-16/h1-5,7-10H,6,11-12H2,(H,17,18). The molecule has 4 nitrogen and oxygen atoms in total. The lowest BCUT2D eigenvalue weighted by molar-refractivity contribution is 0.314. The van der Waals surface area contributed by atoms with Gasteiger partial charge in [-0.2, -0.15) is 4.98 Å². The van der Waals surface area contributed by atoms with Crippen molar-refractivity contribution in [3.05, 3.63) is 54.6 Å². The van der Waals surface area contributed by atoms with E-state index in [1.165, 1.54) is 0 Å². The van der Waals surface area contributed by atoms with Crippen LogP contribution in [0.5, 0.6) is 5.75 Å². The molecule has 0 aliphatic heterocycles. The predicted molar refractivity (Wildman–Crippen MR) is 79.1 cm³/mol. The van der Waals surface area contributed by atoms with Crippen LogP contribution in [0.4, 0.5) is 6.01 Å². The lowest BCUT2D eigenvalue weighted by Crippen LogP contribution is -2.07. The van der Waals surface area contributed by atoms with Gasteiger partial charge in [0, 0.05) is 6.54 Å². The van der Waals surface area contributed by atoms with Gasteiger partial charge in [-0.25, -0.2) is 0 Å². The van der Waals surface area contributed by atoms with Crippen LogP contribution in [-0.2, 0) is 0 Å². The highest BCUT2D eigenvalue weighted by molar-refractivity contribution is 5.74. The van der Waals surface area contributed by atoms with Gasteiger partial charge in [0.2, 0.25) is 0 Å². The Balaban J connectivity index is 1.43. The average molecular weight is 268 g/mol. The minimum atomic E-state index is 0.561. The lowest BCUT2D eigenvalue weighted by atomic mass is 10.3. The van der Waals surface area contributed by atoms with Gasteiger partial charge in [0.15, 0.2) is 5.58 Å². The summed E-state index contributed by atoms with van der Waals surface area (Å²) in [5, 5.41) is 3.16. The number of aromatic nitrogens is 1. The minimum Gasteiger partial charge on any atom is -0.494 e. The van der Waals surface area contributed by atoms with Gasteiger partial charge < -0.3 is 14.5 Å². The zero-order chi connectivity index (χ0) is 13.6. The summed E-state index contributed by atoms with van der Waals surface area (Å²) in [6.45, 7) is 1.43. The first-order chi connectivity index (χ1) is 9.92. The fourth-order valence-corrected chi connectivity index (χ4v) is 1.92. The molecule has 0 aliphatic rings. The van der Waals surface area contributed by atoms with Crippen LogP contribution >= 0.6 is 0 Å². The Kier molecular flexibility index (Phi) is 3.83. The normalized spacial score (nSPS) is 10.6. The summed E-state index contributed by atoms with van der Waals surface area (Å²) in [5.74, 6) is 0.898. The second-order valence-corrected chi connectivity index (χ2v) is 4.43. The molecule has 0 saturated heterocycles. The maximum Gasteiger partial charge on any atom is 0.295 e. The largest absolute Gasteiger partial charge is 0.494 e. The van der Waals surface area contributed by atoms with Crippen molar-refractivity contribution in [2.24, 2.45) is 0 Å². The lowest BCUT2D eigenvalue weighted by Gasteiger charge is -2.05. The molecular weight excluding hydrogens is 252 g/mol. The fourth-order valence-electron chi connectivity index (χ4n) is 1.92. The van der Waals surface area contributed by atoms with Gasteiger partial charge in [0.25, 0.3) is 6.01 Å². The zero-order valence-electron chi connectivity index (χ0n) is 11.1. The summed E-state index contributed by atoms with van der Waals surface area (Å²) in [7, 11) is 0. The summed E-state index contributed by atoms with van der Waals surface area (Å²) in [6, 6.07) is 18.1. The summed E-state index contributed by atoms with van der Waals surface area (Å²) in [4.78, 5) is 4.35. The first-order valence-corrected chi connectivity index (χ1v) is 6.69. The first-order valence-electron chi connectivity index (χ1n) is 6.69. The molecule has 20 heavy (non-hydrogen) atoms. The van der Waals surface area contributed by atoms with Crippen LogP contribution in [0.1, 0.15) is 6.42 Å². The van der Waals surface area contributed by atoms with Gasteiger partial charge in [-0.05, 0) is 30.7 Å². The molecule has 1 N–H and O–H groups in total. The number of nitrogens with zero attached hydrogens (tertiary/aromatic N) is 1. The number of hydrogen-bond acceptors (Lipinski definition) is 4. The van der Waals surface area contributed by atoms with E-state index in [0.29, 0.717) is 12.6 Å². The van der Waals surface area contributed by atoms with Gasteiger partial charge in [-0.1, -0.05) is 30.3 Å². The van der Waals surface area contributed by atoms with E-state index in [2.05, 4.69) is 10.3 Å². The average Bonchev–Trinajstić information content (AvgIpc) is 2.90. The maximum atomic E-state index is 5.61. The van der Waals surface area contributed by atoms with Crippen LogP contribution in [0.2, 0.25) is 0 Å². The third kappa shape index (κ3) is 3.09. The van der Waals surface area contributed by atoms with Crippen molar-refractivity contribution in [2.75, 3.05) is 18.5 Å². The van der Waals surface area contributed by atoms with Gasteiger partial charge in [-0.15, -0.1) is 0 Å². The van der Waals surface area contributed by atoms with E-state index in [0.717, 1.165) is 29.8 Å². The highest BCUT2D eigenvalue weighted by Gasteiger charge is 2.03. The van der Waals surface area contributed by atoms with E-state index >= 15 is 0 Å². The molecule has 0 spiro atoms. The topological polar surface area (TPSA) is 47.3 Å². The number of anilines is 1. The summed E-state index contributed by atoms with van der Waals surface area (Å²) in [5.41, 5.74) is 1.67. The minimum absolute atomic E-state index is 0.561. The van der Waals surface area contributed by atoms with Gasteiger partial charge in [0.1, 0.15) is 11.3 Å². The van der Waals surface area contributed by atoms with Crippen molar-refractivity contribution in [3.8, 4) is 5.75 Å². The van der Waals surface area contributed by atoms with Crippen molar-refractivity contribution in [1.82, 2.24) is 4.98 Å². The van der Waals surface area contributed by atoms with Crippen LogP contribution in [0.25, 0.3) is 11.1 Å². The third-order valence-electron chi connectivity index (χ3n) is 2.90. The Morgan fingerprint density at radius 3 is 2.65 bits per heavy atom. The molecule has 0 amide bonds. The molecule has 2 aromatic carbocycles. The van der Waals surface area contributed by atoms with E-state index < -0.39 is 0 Å². The Bertz CT molecular complexity index is 631. The van der Waals surface area contributed by atoms with E-state index in [4.69, 9.17) is 9.15 Å². The van der Waals surface area contributed by atoms with E-state index in [1.807, 2.05) is 54.6 Å². The smallest absolute Gasteiger partial charge is 0.295 e. The van der Waals surface area contributed by atoms with Crippen LogP contribution in [-0.4, -0.2) is 18.1 Å². The molecule has 1 aromatic heterocycles. The number of nitrogens with one attached hydrogen (secondary N) is 1. The molecule has 102 valence electrons. The van der Waals surface area contributed by atoms with E-state index in [1.54, 1.807) is 0 Å². The highest BCUT2D eigenvalue weighted by atomic mass is 16.5. The number of ether oxygens (including phenoxy) is 1. The number of hydrogen-bond donors (Lipinski definition) is 1. The monoisotopic (exact) mass is 268 g/mol. The number of para-hydroxylation sites is 3. The van der Waals surface area contributed by atoms with Gasteiger partial charge >= 0.3 is 0 Å². The Labute approximate surface area is 117 Å². The molecule has 0 bridgehead atoms. The quantitative estimate of drug-likeness (QED) is 0.692. The first kappa shape index (κ1) is 12.5. The van der Waals surface area contributed by atoms with Crippen molar-refractivity contribution >= 4 is 17.1 Å². The van der Waals surface area contributed by atoms with Crippen LogP contribution in [0.15, 0.2) is 59.0 Å². The molecule has 0 radical (unpaired) electrons. The number of oxazole rings is 1. The third-order valence-corrected chi connectivity index (χ3v) is 2.90. The van der Waals surface area contributed by atoms with Gasteiger partial charge in [-0.3, -0.25) is 0 Å². The van der Waals surface area contributed by atoms with Crippen molar-refractivity contribution < 1.29 is 9.15 Å². The summed E-state index contributed by atoms with van der Waals surface area (Å²) in [6.07, 6.45) is 0.883. The molecule has 1 heterocycles. The second kappa shape index (κ2) is 6.10. The highest BCUT2D eigenvalue weighted by Crippen LogP contribution is 2.17. The fraction of sp³-hybridized carbons (Fsp3) is 0.188. The molecule has 3 rings (SSSR count). The number of benzene rings is 2. The molecule has 0 fully saturated rings. The second-order valence-electron chi connectivity index (χ2n) is 4.43. The zero-order valence-corrected chi connectivity index (χ0v) is 11.1. The molecule has 0 saturated carbocycles. The Hall–Kier alpha value is -2.49. The van der Waals surface area contributed by atoms with E-state index in [-0.39, 0.29) is 0 Å². The number of fused-ring (bicyclic) bond motifs is 1. The van der Waals surface area contributed by atoms with Crippen LogP contribution in [0.3, 0.4) is 0 Å². The maximum absolute atomic E-state index is 5.61. The van der Waals surface area contributed by atoms with Crippen molar-refractivity contribution in [2.45, 2.75) is 6.42 Å². The molecular formula is C16H16N2O2. The van der Waals surface area contributed by atoms with Gasteiger partial charge in [0.05, 0.1) is 6.61 Å². The Morgan fingerprint density at radius 2 is 1.80 bits per heavy atom. The molecule has 4 heteroatoms. The predicted octanol–water partition coefficient (Wildman–Crippen LogP) is 3.71. The van der Waals surface area contributed by atoms with Crippen LogP contribution < -0.4 is 10.1 Å². The Morgan fingerprint density at radius 1 is 1.00 bits per heavy atom. The van der Waals surface area contributed by atoms with Crippen LogP contribution in [0, 0.1) is 0 Å². The summed E-state index contributed by atoms with van der Waals surface area (Å²) < 4.78 is 11.2. The number of rotatable bonds is 6. The molecule has 0 unspecified atom stereocenters. The van der Waals surface area contributed by atoms with E-state index in [9.17, 15) is 0 Å². The SMILES string of the molecule is c1ccc(OCCCNc2nc3ccccc3o2)cc1. The van der Waals surface area contributed by atoms with Crippen molar-refractivity contribution in [1.29, 1.82) is 0 Å².